The lowest BCUT2D eigenvalue weighted by Gasteiger charge is -2.32. The number of hydrogen-bond acceptors (Lipinski definition) is 5. The number of rotatable bonds is 8. The molecule has 0 amide bonds. The summed E-state index contributed by atoms with van der Waals surface area (Å²) in [5, 5.41) is 4.55. The van der Waals surface area contributed by atoms with Crippen LogP contribution in [0.25, 0.3) is 0 Å². The van der Waals surface area contributed by atoms with E-state index >= 15 is 0 Å². The molecule has 116 valence electrons. The van der Waals surface area contributed by atoms with Gasteiger partial charge in [0.1, 0.15) is 5.54 Å². The number of aryl methyl sites for hydroxylation is 1. The molecule has 0 aliphatic heterocycles. The number of thioether (sulfide) groups is 1. The van der Waals surface area contributed by atoms with Crippen LogP contribution in [0.5, 0.6) is 0 Å². The Kier molecular flexibility index (Phi) is 4.26. The second-order valence-electron chi connectivity index (χ2n) is 5.99. The van der Waals surface area contributed by atoms with Gasteiger partial charge in [-0.3, -0.25) is 10.1 Å². The van der Waals surface area contributed by atoms with Gasteiger partial charge in [-0.15, -0.1) is 0 Å². The monoisotopic (exact) mass is 309 g/mol. The number of imidazole rings is 1. The minimum absolute atomic E-state index is 0.0823. The van der Waals surface area contributed by atoms with Gasteiger partial charge in [0.05, 0.1) is 6.61 Å². The van der Waals surface area contributed by atoms with Gasteiger partial charge in [0.25, 0.3) is 0 Å². The van der Waals surface area contributed by atoms with Crippen LogP contribution in [0.1, 0.15) is 32.6 Å². The molecule has 5 nitrogen and oxygen atoms in total. The number of esters is 1. The van der Waals surface area contributed by atoms with Crippen molar-refractivity contribution >= 4 is 17.7 Å². The summed E-state index contributed by atoms with van der Waals surface area (Å²) in [6.45, 7) is 2.31. The Hall–Kier alpha value is -1.01. The molecule has 0 radical (unpaired) electrons. The first-order chi connectivity index (χ1) is 10.2. The van der Waals surface area contributed by atoms with E-state index < -0.39 is 5.54 Å². The van der Waals surface area contributed by atoms with E-state index in [1.807, 2.05) is 24.7 Å². The third-order valence-corrected chi connectivity index (χ3v) is 5.41. The van der Waals surface area contributed by atoms with Crippen molar-refractivity contribution in [2.75, 3.05) is 12.4 Å². The molecular formula is C15H23N3O2S. The zero-order chi connectivity index (χ0) is 14.9. The lowest BCUT2D eigenvalue weighted by atomic mass is 9.95. The van der Waals surface area contributed by atoms with Gasteiger partial charge in [0.15, 0.2) is 5.16 Å². The molecule has 0 saturated heterocycles. The highest BCUT2D eigenvalue weighted by Crippen LogP contribution is 2.44. The van der Waals surface area contributed by atoms with E-state index in [0.717, 1.165) is 18.0 Å². The molecule has 3 rings (SSSR count). The van der Waals surface area contributed by atoms with E-state index in [-0.39, 0.29) is 5.97 Å². The van der Waals surface area contributed by atoms with Crippen molar-refractivity contribution in [3.63, 3.8) is 0 Å². The summed E-state index contributed by atoms with van der Waals surface area (Å²) in [5.74, 6) is 1.02. The molecule has 21 heavy (non-hydrogen) atoms. The second kappa shape index (κ2) is 6.01. The van der Waals surface area contributed by atoms with E-state index in [9.17, 15) is 4.79 Å². The van der Waals surface area contributed by atoms with Crippen molar-refractivity contribution in [3.05, 3.63) is 12.4 Å². The second-order valence-corrected chi connectivity index (χ2v) is 6.94. The molecule has 1 unspecified atom stereocenters. The highest BCUT2D eigenvalue weighted by molar-refractivity contribution is 7.99. The first-order valence-electron chi connectivity index (χ1n) is 7.70. The number of aromatic nitrogens is 2. The predicted molar refractivity (Wildman–Crippen MR) is 82.2 cm³/mol. The molecule has 1 heterocycles. The zero-order valence-electron chi connectivity index (χ0n) is 12.7. The van der Waals surface area contributed by atoms with E-state index in [1.165, 1.54) is 12.8 Å². The molecule has 0 spiro atoms. The molecular weight excluding hydrogens is 286 g/mol. The lowest BCUT2D eigenvalue weighted by molar-refractivity contribution is -0.151. The summed E-state index contributed by atoms with van der Waals surface area (Å²) in [6, 6.07) is 0.483. The van der Waals surface area contributed by atoms with Crippen LogP contribution in [0.4, 0.5) is 0 Å². The van der Waals surface area contributed by atoms with Gasteiger partial charge in [-0.1, -0.05) is 11.8 Å². The van der Waals surface area contributed by atoms with Gasteiger partial charge in [-0.05, 0) is 38.5 Å². The largest absolute Gasteiger partial charge is 0.465 e. The van der Waals surface area contributed by atoms with Gasteiger partial charge in [0, 0.05) is 31.2 Å². The third-order valence-electron chi connectivity index (χ3n) is 4.16. The minimum Gasteiger partial charge on any atom is -0.465 e. The fraction of sp³-hybridized carbons (Fsp3) is 0.733. The summed E-state index contributed by atoms with van der Waals surface area (Å²) in [5.41, 5.74) is -0.534. The van der Waals surface area contributed by atoms with Crippen molar-refractivity contribution < 1.29 is 9.53 Å². The predicted octanol–water partition coefficient (Wildman–Crippen LogP) is 1.98. The van der Waals surface area contributed by atoms with Crippen LogP contribution in [-0.2, 0) is 16.6 Å². The highest BCUT2D eigenvalue weighted by atomic mass is 32.2. The molecule has 2 saturated carbocycles. The van der Waals surface area contributed by atoms with Crippen LogP contribution in [-0.4, -0.2) is 39.5 Å². The molecule has 2 aliphatic rings. The van der Waals surface area contributed by atoms with E-state index in [1.54, 1.807) is 18.0 Å². The first kappa shape index (κ1) is 14.9. The quantitative estimate of drug-likeness (QED) is 0.588. The average Bonchev–Trinajstić information content (AvgIpc) is 3.35. The Morgan fingerprint density at radius 2 is 2.29 bits per heavy atom. The van der Waals surface area contributed by atoms with Crippen molar-refractivity contribution in [2.45, 2.75) is 49.3 Å². The SMILES string of the molecule is CCOC(=O)C(CSc1nccn1C)(NC1CC1)C1CC1. The number of carbonyl (C=O) groups excluding carboxylic acids is 1. The van der Waals surface area contributed by atoms with E-state index in [2.05, 4.69) is 10.3 Å². The molecule has 6 heteroatoms. The fourth-order valence-electron chi connectivity index (χ4n) is 2.66. The third kappa shape index (κ3) is 3.26. The fourth-order valence-corrected chi connectivity index (χ4v) is 3.85. The Morgan fingerprint density at radius 3 is 2.81 bits per heavy atom. The van der Waals surface area contributed by atoms with Gasteiger partial charge < -0.3 is 9.30 Å². The Balaban J connectivity index is 1.76. The summed E-state index contributed by atoms with van der Waals surface area (Å²) >= 11 is 1.64. The maximum absolute atomic E-state index is 12.6. The number of nitrogens with zero attached hydrogens (tertiary/aromatic N) is 2. The van der Waals surface area contributed by atoms with Crippen molar-refractivity contribution in [3.8, 4) is 0 Å². The van der Waals surface area contributed by atoms with Crippen LogP contribution in [0.2, 0.25) is 0 Å². The summed E-state index contributed by atoms with van der Waals surface area (Å²) in [6.07, 6.45) is 8.28. The standard InChI is InChI=1S/C15H23N3O2S/c1-3-20-13(19)15(11-4-5-11,17-12-6-7-12)10-21-14-16-8-9-18(14)2/h8-9,11-12,17H,3-7,10H2,1-2H3. The minimum atomic E-state index is -0.534. The van der Waals surface area contributed by atoms with Crippen LogP contribution in [0.3, 0.4) is 0 Å². The molecule has 1 N–H and O–H groups in total. The summed E-state index contributed by atoms with van der Waals surface area (Å²) in [4.78, 5) is 17.0. The topological polar surface area (TPSA) is 56.1 Å². The van der Waals surface area contributed by atoms with Gasteiger partial charge in [0.2, 0.25) is 0 Å². The number of ether oxygens (including phenoxy) is 1. The highest BCUT2D eigenvalue weighted by Gasteiger charge is 2.54. The average molecular weight is 309 g/mol. The van der Waals surface area contributed by atoms with Gasteiger partial charge in [-0.2, -0.15) is 0 Å². The molecule has 2 aliphatic carbocycles. The maximum Gasteiger partial charge on any atom is 0.327 e. The normalized spacial score (nSPS) is 21.0. The molecule has 0 bridgehead atoms. The smallest absolute Gasteiger partial charge is 0.327 e. The Morgan fingerprint density at radius 1 is 1.52 bits per heavy atom. The number of nitrogens with one attached hydrogen (secondary N) is 1. The van der Waals surface area contributed by atoms with E-state index in [4.69, 9.17) is 4.74 Å². The van der Waals surface area contributed by atoms with Crippen LogP contribution < -0.4 is 5.32 Å². The molecule has 1 aromatic heterocycles. The molecule has 1 aromatic rings. The summed E-state index contributed by atoms with van der Waals surface area (Å²) in [7, 11) is 1.98. The van der Waals surface area contributed by atoms with Crippen LogP contribution in [0.15, 0.2) is 17.6 Å². The van der Waals surface area contributed by atoms with Crippen molar-refractivity contribution in [1.29, 1.82) is 0 Å². The zero-order valence-corrected chi connectivity index (χ0v) is 13.5. The maximum atomic E-state index is 12.6. The van der Waals surface area contributed by atoms with Crippen LogP contribution in [0, 0.1) is 5.92 Å². The molecule has 0 aromatic carbocycles. The Bertz CT molecular complexity index is 511. The lowest BCUT2D eigenvalue weighted by Crippen LogP contribution is -2.58. The summed E-state index contributed by atoms with van der Waals surface area (Å²) < 4.78 is 7.39. The molecule has 1 atom stereocenters. The van der Waals surface area contributed by atoms with Gasteiger partial charge in [-0.25, -0.2) is 4.98 Å². The van der Waals surface area contributed by atoms with Crippen molar-refractivity contribution in [1.82, 2.24) is 14.9 Å². The van der Waals surface area contributed by atoms with Gasteiger partial charge >= 0.3 is 5.97 Å². The number of hydrogen-bond donors (Lipinski definition) is 1. The first-order valence-corrected chi connectivity index (χ1v) is 8.69. The Labute approximate surface area is 129 Å². The van der Waals surface area contributed by atoms with Crippen molar-refractivity contribution in [2.24, 2.45) is 13.0 Å². The van der Waals surface area contributed by atoms with Crippen LogP contribution >= 0.6 is 11.8 Å². The van der Waals surface area contributed by atoms with E-state index in [0.29, 0.717) is 24.3 Å². The molecule has 2 fully saturated rings. The number of carbonyl (C=O) groups is 1.